The van der Waals surface area contributed by atoms with Crippen molar-refractivity contribution in [1.29, 1.82) is 0 Å². The Morgan fingerprint density at radius 2 is 1.63 bits per heavy atom. The average molecular weight is 948 g/mol. The van der Waals surface area contributed by atoms with E-state index in [2.05, 4.69) is 68.8 Å². The summed E-state index contributed by atoms with van der Waals surface area (Å²) in [6.45, 7) is 17.5. The highest BCUT2D eigenvalue weighted by Crippen LogP contribution is 2.40. The lowest BCUT2D eigenvalue weighted by atomic mass is 9.85. The number of aromatic nitrogens is 4. The number of anilines is 1. The third-order valence-electron chi connectivity index (χ3n) is 13.2. The van der Waals surface area contributed by atoms with Gasteiger partial charge in [0, 0.05) is 41.3 Å². The van der Waals surface area contributed by atoms with Crippen LogP contribution in [0, 0.1) is 33.1 Å². The summed E-state index contributed by atoms with van der Waals surface area (Å²) in [5.41, 5.74) is 9.10. The summed E-state index contributed by atoms with van der Waals surface area (Å²) in [5.74, 6) is 0.115. The summed E-state index contributed by atoms with van der Waals surface area (Å²) in [7, 11) is 1.38. The molecule has 2 fully saturated rings. The molecule has 2 unspecified atom stereocenters. The molecule has 0 spiro atoms. The Labute approximate surface area is 400 Å². The van der Waals surface area contributed by atoms with Gasteiger partial charge in [-0.15, -0.1) is 32.9 Å². The van der Waals surface area contributed by atoms with Crippen molar-refractivity contribution < 1.29 is 28.7 Å². The second-order valence-corrected chi connectivity index (χ2v) is 21.0. The van der Waals surface area contributed by atoms with Crippen LogP contribution in [0.25, 0.3) is 15.4 Å². The first-order valence-corrected chi connectivity index (χ1v) is 24.8. The quantitative estimate of drug-likeness (QED) is 0.112. The van der Waals surface area contributed by atoms with Crippen molar-refractivity contribution in [2.45, 2.75) is 118 Å². The zero-order valence-electron chi connectivity index (χ0n) is 39.8. The highest BCUT2D eigenvalue weighted by molar-refractivity contribution is 7.15. The van der Waals surface area contributed by atoms with Crippen molar-refractivity contribution in [3.63, 3.8) is 0 Å². The van der Waals surface area contributed by atoms with E-state index in [-0.39, 0.29) is 48.9 Å². The van der Waals surface area contributed by atoms with E-state index in [4.69, 9.17) is 14.5 Å². The van der Waals surface area contributed by atoms with Crippen molar-refractivity contribution in [2.24, 2.45) is 10.4 Å². The van der Waals surface area contributed by atoms with Crippen LogP contribution < -0.4 is 15.5 Å². The van der Waals surface area contributed by atoms with E-state index in [9.17, 15) is 19.2 Å². The van der Waals surface area contributed by atoms with Crippen molar-refractivity contribution in [1.82, 2.24) is 35.3 Å². The van der Waals surface area contributed by atoms with Gasteiger partial charge in [0.25, 0.3) is 0 Å². The van der Waals surface area contributed by atoms with E-state index >= 15 is 0 Å². The minimum atomic E-state index is -0.854. The molecule has 354 valence electrons. The molecule has 0 saturated carbocycles. The number of aryl methyl sites for hydroxylation is 3. The molecule has 67 heavy (non-hydrogen) atoms. The Hall–Kier alpha value is -5.78. The Kier molecular flexibility index (Phi) is 14.1. The zero-order valence-corrected chi connectivity index (χ0v) is 41.5. The molecule has 3 aliphatic heterocycles. The Balaban J connectivity index is 0.887. The van der Waals surface area contributed by atoms with Crippen LogP contribution in [-0.4, -0.2) is 106 Å². The molecule has 6 heterocycles. The first kappa shape index (κ1) is 47.7. The molecule has 0 radical (unpaired) electrons. The fraction of sp³-hybridized carbons (Fsp3) is 0.480. The molecular weight excluding hydrogens is 887 g/mol. The standard InChI is InChI=1S/C50H61N9O6S2/c1-28-31(4)67-49-42(28)43(53-38(24-41(61)64-9)46-56-55-32(5)59(46)49)34-18-20-36(21-19-34)57-22-10-12-37(25-57)65-26-40(60)54-45(50(6,7)8)48(63)58-23-11-13-39(58)47(62)52-29(2)33-14-16-35(17-15-33)44-30(3)51-27-66-44/h14-21,27,29,37-39,45H,10-13,22-26H2,1-9H3,(H,52,62)(H,54,60)/t29-,37?,38-,39-,45?/m0/s1. The van der Waals surface area contributed by atoms with E-state index in [1.165, 1.54) is 12.0 Å². The molecule has 5 atom stereocenters. The number of amides is 3. The molecular formula is C50H61N9O6S2. The second kappa shape index (κ2) is 19.8. The summed E-state index contributed by atoms with van der Waals surface area (Å²) in [6, 6.07) is 14.1. The van der Waals surface area contributed by atoms with Gasteiger partial charge in [0.1, 0.15) is 35.6 Å². The second-order valence-electron chi connectivity index (χ2n) is 18.9. The number of thiazole rings is 1. The van der Waals surface area contributed by atoms with Gasteiger partial charge in [0.2, 0.25) is 17.7 Å². The Bertz CT molecular complexity index is 2660. The molecule has 3 aromatic heterocycles. The van der Waals surface area contributed by atoms with Gasteiger partial charge < -0.3 is 29.9 Å². The molecule has 8 rings (SSSR count). The molecule has 17 heteroatoms. The average Bonchev–Trinajstić information content (AvgIpc) is 4.11. The van der Waals surface area contributed by atoms with Gasteiger partial charge >= 0.3 is 5.97 Å². The SMILES string of the molecule is COC(=O)C[C@@H]1N=C(c2ccc(N3CCCC(OCC(=O)NC(C(=O)N4CCC[C@H]4C(=O)N[C@@H](C)c4ccc(-c5scnc5C)cc4)C(C)(C)C)C3)cc2)c2c(sc(C)c2C)-n2c(C)nnc21. The van der Waals surface area contributed by atoms with Gasteiger partial charge in [0.15, 0.2) is 5.82 Å². The van der Waals surface area contributed by atoms with E-state index < -0.39 is 23.5 Å². The number of fused-ring (bicyclic) bond motifs is 3. The van der Waals surface area contributed by atoms with Crippen molar-refractivity contribution in [3.8, 4) is 15.4 Å². The minimum Gasteiger partial charge on any atom is -0.469 e. The highest BCUT2D eigenvalue weighted by Gasteiger charge is 2.42. The summed E-state index contributed by atoms with van der Waals surface area (Å²) in [5, 5.41) is 15.9. The smallest absolute Gasteiger partial charge is 0.308 e. The summed E-state index contributed by atoms with van der Waals surface area (Å²) in [6.07, 6.45) is 2.75. The number of piperidine rings is 1. The normalized spacial score (nSPS) is 19.2. The van der Waals surface area contributed by atoms with Crippen LogP contribution in [0.4, 0.5) is 5.69 Å². The number of hydrogen-bond acceptors (Lipinski definition) is 13. The van der Waals surface area contributed by atoms with Gasteiger partial charge in [-0.2, -0.15) is 0 Å². The van der Waals surface area contributed by atoms with Gasteiger partial charge in [0.05, 0.1) is 47.5 Å². The van der Waals surface area contributed by atoms with Crippen molar-refractivity contribution >= 4 is 57.8 Å². The number of aliphatic imine (C=N–C) groups is 1. The summed E-state index contributed by atoms with van der Waals surface area (Å²) < 4.78 is 13.3. The molecule has 2 saturated heterocycles. The van der Waals surface area contributed by atoms with Gasteiger partial charge in [-0.3, -0.25) is 28.7 Å². The number of rotatable bonds is 13. The van der Waals surface area contributed by atoms with Crippen molar-refractivity contribution in [3.05, 3.63) is 98.5 Å². The predicted molar refractivity (Wildman–Crippen MR) is 261 cm³/mol. The molecule has 3 aliphatic rings. The Morgan fingerprint density at radius 3 is 2.31 bits per heavy atom. The monoisotopic (exact) mass is 947 g/mol. The van der Waals surface area contributed by atoms with Crippen LogP contribution in [0.2, 0.25) is 0 Å². The topological polar surface area (TPSA) is 173 Å². The van der Waals surface area contributed by atoms with Crippen LogP contribution in [0.1, 0.15) is 116 Å². The van der Waals surface area contributed by atoms with Gasteiger partial charge in [-0.1, -0.05) is 57.2 Å². The molecule has 2 aromatic carbocycles. The van der Waals surface area contributed by atoms with Crippen LogP contribution in [0.3, 0.4) is 0 Å². The number of carbonyl (C=O) groups excluding carboxylic acids is 4. The fourth-order valence-electron chi connectivity index (χ4n) is 9.31. The first-order chi connectivity index (χ1) is 32.0. The fourth-order valence-corrected chi connectivity index (χ4v) is 11.3. The highest BCUT2D eigenvalue weighted by atomic mass is 32.1. The molecule has 5 aromatic rings. The maximum atomic E-state index is 14.3. The lowest BCUT2D eigenvalue weighted by molar-refractivity contribution is -0.145. The predicted octanol–water partition coefficient (Wildman–Crippen LogP) is 7.53. The van der Waals surface area contributed by atoms with E-state index in [1.807, 2.05) is 75.9 Å². The molecule has 15 nitrogen and oxygen atoms in total. The van der Waals surface area contributed by atoms with E-state index in [1.54, 1.807) is 27.6 Å². The summed E-state index contributed by atoms with van der Waals surface area (Å²) >= 11 is 3.26. The Morgan fingerprint density at radius 1 is 0.910 bits per heavy atom. The third kappa shape index (κ3) is 10.1. The van der Waals surface area contributed by atoms with Crippen molar-refractivity contribution in [2.75, 3.05) is 38.3 Å². The maximum absolute atomic E-state index is 14.3. The number of hydrogen-bond donors (Lipinski definition) is 2. The molecule has 2 N–H and O–H groups in total. The minimum absolute atomic E-state index is 0.0345. The number of ether oxygens (including phenoxy) is 2. The number of thiophene rings is 1. The number of likely N-dealkylation sites (tertiary alicyclic amines) is 1. The first-order valence-electron chi connectivity index (χ1n) is 23.1. The molecule has 3 amide bonds. The summed E-state index contributed by atoms with van der Waals surface area (Å²) in [4.78, 5) is 70.0. The lowest BCUT2D eigenvalue weighted by Gasteiger charge is -2.36. The zero-order chi connectivity index (χ0) is 47.7. The number of methoxy groups -OCH3 is 1. The molecule has 0 aliphatic carbocycles. The lowest BCUT2D eigenvalue weighted by Crippen LogP contribution is -2.58. The van der Waals surface area contributed by atoms with Crippen LogP contribution >= 0.6 is 22.7 Å². The van der Waals surface area contributed by atoms with E-state index in [0.717, 1.165) is 80.0 Å². The number of benzene rings is 2. The number of nitrogens with zero attached hydrogens (tertiary/aromatic N) is 7. The number of carbonyl (C=O) groups is 4. The van der Waals surface area contributed by atoms with Crippen LogP contribution in [0.5, 0.6) is 0 Å². The molecule has 0 bridgehead atoms. The van der Waals surface area contributed by atoms with E-state index in [0.29, 0.717) is 31.8 Å². The maximum Gasteiger partial charge on any atom is 0.308 e. The van der Waals surface area contributed by atoms with Crippen LogP contribution in [-0.2, 0) is 28.7 Å². The number of esters is 1. The third-order valence-corrected chi connectivity index (χ3v) is 15.4. The van der Waals surface area contributed by atoms with Gasteiger partial charge in [-0.25, -0.2) is 4.98 Å². The largest absolute Gasteiger partial charge is 0.469 e. The number of nitrogens with one attached hydrogen (secondary N) is 2. The van der Waals surface area contributed by atoms with Crippen LogP contribution in [0.15, 0.2) is 59.0 Å². The van der Waals surface area contributed by atoms with Gasteiger partial charge in [-0.05, 0) is 94.5 Å².